The summed E-state index contributed by atoms with van der Waals surface area (Å²) in [6, 6.07) is 5.31. The summed E-state index contributed by atoms with van der Waals surface area (Å²) < 4.78 is 14.1. The standard InChI is InChI=1S/C15H24FN3/c1-2-8-18-9-11-19(12-10-18)15-13(6-7-17)4-3-5-14(15)16/h3-5H,2,6-12,17H2,1H3. The van der Waals surface area contributed by atoms with Crippen LogP contribution in [0.25, 0.3) is 0 Å². The van der Waals surface area contributed by atoms with Crippen LogP contribution in [0.2, 0.25) is 0 Å². The van der Waals surface area contributed by atoms with Gasteiger partial charge in [-0.3, -0.25) is 4.90 Å². The van der Waals surface area contributed by atoms with Crippen LogP contribution in [0.5, 0.6) is 0 Å². The van der Waals surface area contributed by atoms with Gasteiger partial charge in [-0.25, -0.2) is 4.39 Å². The van der Waals surface area contributed by atoms with Crippen LogP contribution in [-0.2, 0) is 6.42 Å². The largest absolute Gasteiger partial charge is 0.366 e. The highest BCUT2D eigenvalue weighted by Gasteiger charge is 2.21. The van der Waals surface area contributed by atoms with Crippen LogP contribution in [0.1, 0.15) is 18.9 Å². The van der Waals surface area contributed by atoms with E-state index in [1.807, 2.05) is 6.07 Å². The Hall–Kier alpha value is -1.13. The maximum absolute atomic E-state index is 14.1. The van der Waals surface area contributed by atoms with Crippen molar-refractivity contribution in [2.75, 3.05) is 44.2 Å². The zero-order chi connectivity index (χ0) is 13.7. The molecule has 0 radical (unpaired) electrons. The molecule has 0 spiro atoms. The first-order valence-electron chi connectivity index (χ1n) is 7.21. The van der Waals surface area contributed by atoms with Gasteiger partial charge in [-0.1, -0.05) is 19.1 Å². The Balaban J connectivity index is 2.10. The van der Waals surface area contributed by atoms with Gasteiger partial charge in [-0.2, -0.15) is 0 Å². The smallest absolute Gasteiger partial charge is 0.146 e. The van der Waals surface area contributed by atoms with E-state index in [-0.39, 0.29) is 5.82 Å². The molecule has 0 aliphatic carbocycles. The van der Waals surface area contributed by atoms with Crippen molar-refractivity contribution in [1.29, 1.82) is 0 Å². The average Bonchev–Trinajstić information content (AvgIpc) is 2.41. The molecule has 1 saturated heterocycles. The number of para-hydroxylation sites is 1. The van der Waals surface area contributed by atoms with Crippen molar-refractivity contribution in [2.45, 2.75) is 19.8 Å². The van der Waals surface area contributed by atoms with Gasteiger partial charge >= 0.3 is 0 Å². The van der Waals surface area contributed by atoms with E-state index in [4.69, 9.17) is 5.73 Å². The predicted molar refractivity (Wildman–Crippen MR) is 78.1 cm³/mol. The van der Waals surface area contributed by atoms with E-state index in [9.17, 15) is 4.39 Å². The number of halogens is 1. The number of hydrogen-bond donors (Lipinski definition) is 1. The minimum atomic E-state index is -0.116. The van der Waals surface area contributed by atoms with Crippen LogP contribution in [0.15, 0.2) is 18.2 Å². The van der Waals surface area contributed by atoms with Gasteiger partial charge in [-0.15, -0.1) is 0 Å². The van der Waals surface area contributed by atoms with Crippen molar-refractivity contribution in [2.24, 2.45) is 5.73 Å². The zero-order valence-electron chi connectivity index (χ0n) is 11.7. The fraction of sp³-hybridized carbons (Fsp3) is 0.600. The Morgan fingerprint density at radius 2 is 1.95 bits per heavy atom. The van der Waals surface area contributed by atoms with Crippen LogP contribution in [0, 0.1) is 5.82 Å². The van der Waals surface area contributed by atoms with Crippen LogP contribution in [-0.4, -0.2) is 44.2 Å². The number of piperazine rings is 1. The Labute approximate surface area is 115 Å². The van der Waals surface area contributed by atoms with Crippen LogP contribution in [0.3, 0.4) is 0 Å². The molecule has 2 N–H and O–H groups in total. The Bertz CT molecular complexity index is 400. The van der Waals surface area contributed by atoms with Gasteiger partial charge in [0, 0.05) is 26.2 Å². The van der Waals surface area contributed by atoms with Crippen LogP contribution in [0.4, 0.5) is 10.1 Å². The first kappa shape index (κ1) is 14.3. The van der Waals surface area contributed by atoms with E-state index in [2.05, 4.69) is 16.7 Å². The molecule has 3 nitrogen and oxygen atoms in total. The summed E-state index contributed by atoms with van der Waals surface area (Å²) in [5.74, 6) is -0.116. The maximum Gasteiger partial charge on any atom is 0.146 e. The third kappa shape index (κ3) is 3.45. The van der Waals surface area contributed by atoms with E-state index in [0.717, 1.165) is 50.4 Å². The molecule has 0 atom stereocenters. The second-order valence-electron chi connectivity index (χ2n) is 5.11. The summed E-state index contributed by atoms with van der Waals surface area (Å²) >= 11 is 0. The van der Waals surface area contributed by atoms with Gasteiger partial charge in [0.15, 0.2) is 0 Å². The summed E-state index contributed by atoms with van der Waals surface area (Å²) in [4.78, 5) is 4.62. The highest BCUT2D eigenvalue weighted by molar-refractivity contribution is 5.55. The molecule has 2 rings (SSSR count). The summed E-state index contributed by atoms with van der Waals surface area (Å²) in [6.07, 6.45) is 1.92. The van der Waals surface area contributed by atoms with Crippen LogP contribution < -0.4 is 10.6 Å². The molecule has 0 unspecified atom stereocenters. The summed E-state index contributed by atoms with van der Waals surface area (Å²) in [6.45, 7) is 7.74. The number of hydrogen-bond acceptors (Lipinski definition) is 3. The third-order valence-corrected chi connectivity index (χ3v) is 3.71. The molecule has 1 aliphatic rings. The fourth-order valence-electron chi connectivity index (χ4n) is 2.78. The SMILES string of the molecule is CCCN1CCN(c2c(F)cccc2CCN)CC1. The summed E-state index contributed by atoms with van der Waals surface area (Å²) in [5.41, 5.74) is 7.42. The third-order valence-electron chi connectivity index (χ3n) is 3.71. The minimum Gasteiger partial charge on any atom is -0.366 e. The number of anilines is 1. The van der Waals surface area contributed by atoms with E-state index in [0.29, 0.717) is 6.54 Å². The minimum absolute atomic E-state index is 0.116. The monoisotopic (exact) mass is 265 g/mol. The summed E-state index contributed by atoms with van der Waals surface area (Å²) in [7, 11) is 0. The van der Waals surface area contributed by atoms with Crippen molar-refractivity contribution in [1.82, 2.24) is 4.90 Å². The molecular weight excluding hydrogens is 241 g/mol. The topological polar surface area (TPSA) is 32.5 Å². The van der Waals surface area contributed by atoms with Crippen molar-refractivity contribution in [3.8, 4) is 0 Å². The van der Waals surface area contributed by atoms with Gasteiger partial charge in [0.1, 0.15) is 5.82 Å². The normalized spacial score (nSPS) is 16.9. The molecular formula is C15H24FN3. The Kier molecular flexibility index (Phi) is 5.16. The molecule has 1 aliphatic heterocycles. The molecule has 1 aromatic carbocycles. The molecule has 1 aromatic rings. The molecule has 1 heterocycles. The van der Waals surface area contributed by atoms with Crippen molar-refractivity contribution >= 4 is 5.69 Å². The molecule has 106 valence electrons. The van der Waals surface area contributed by atoms with Crippen molar-refractivity contribution in [3.05, 3.63) is 29.6 Å². The number of rotatable bonds is 5. The van der Waals surface area contributed by atoms with E-state index in [1.54, 1.807) is 12.1 Å². The lowest BCUT2D eigenvalue weighted by molar-refractivity contribution is 0.257. The lowest BCUT2D eigenvalue weighted by Crippen LogP contribution is -2.47. The van der Waals surface area contributed by atoms with E-state index < -0.39 is 0 Å². The van der Waals surface area contributed by atoms with Crippen LogP contribution >= 0.6 is 0 Å². The molecule has 0 bridgehead atoms. The molecule has 4 heteroatoms. The van der Waals surface area contributed by atoms with Crippen molar-refractivity contribution < 1.29 is 4.39 Å². The first-order chi connectivity index (χ1) is 9.26. The maximum atomic E-state index is 14.1. The predicted octanol–water partition coefficient (Wildman–Crippen LogP) is 1.86. The van der Waals surface area contributed by atoms with Gasteiger partial charge < -0.3 is 10.6 Å². The molecule has 0 amide bonds. The fourth-order valence-corrected chi connectivity index (χ4v) is 2.78. The average molecular weight is 265 g/mol. The van der Waals surface area contributed by atoms with Gasteiger partial charge in [0.05, 0.1) is 5.69 Å². The molecule has 1 fully saturated rings. The molecule has 19 heavy (non-hydrogen) atoms. The highest BCUT2D eigenvalue weighted by atomic mass is 19.1. The Morgan fingerprint density at radius 3 is 2.58 bits per heavy atom. The highest BCUT2D eigenvalue weighted by Crippen LogP contribution is 2.26. The number of nitrogens with two attached hydrogens (primary N) is 1. The van der Waals surface area contributed by atoms with E-state index >= 15 is 0 Å². The molecule has 0 aromatic heterocycles. The van der Waals surface area contributed by atoms with Gasteiger partial charge in [-0.05, 0) is 37.6 Å². The quantitative estimate of drug-likeness (QED) is 0.882. The lowest BCUT2D eigenvalue weighted by Gasteiger charge is -2.37. The van der Waals surface area contributed by atoms with E-state index in [1.165, 1.54) is 6.42 Å². The second-order valence-corrected chi connectivity index (χ2v) is 5.11. The Morgan fingerprint density at radius 1 is 1.21 bits per heavy atom. The van der Waals surface area contributed by atoms with Gasteiger partial charge in [0.25, 0.3) is 0 Å². The first-order valence-corrected chi connectivity index (χ1v) is 7.21. The zero-order valence-corrected chi connectivity index (χ0v) is 11.7. The second kappa shape index (κ2) is 6.87. The lowest BCUT2D eigenvalue weighted by atomic mass is 10.1. The van der Waals surface area contributed by atoms with Gasteiger partial charge in [0.2, 0.25) is 0 Å². The molecule has 0 saturated carbocycles. The summed E-state index contributed by atoms with van der Waals surface area (Å²) in [5, 5.41) is 0. The number of nitrogens with zero attached hydrogens (tertiary/aromatic N) is 2. The number of benzene rings is 1. The van der Waals surface area contributed by atoms with Crippen molar-refractivity contribution in [3.63, 3.8) is 0 Å².